The van der Waals surface area contributed by atoms with Gasteiger partial charge < -0.3 is 10.6 Å². The van der Waals surface area contributed by atoms with Gasteiger partial charge in [0.25, 0.3) is 0 Å². The van der Waals surface area contributed by atoms with Gasteiger partial charge in [0.2, 0.25) is 11.8 Å². The molecule has 0 radical (unpaired) electrons. The molecule has 0 aliphatic carbocycles. The average Bonchev–Trinajstić information content (AvgIpc) is 2.61. The molecule has 0 atom stereocenters. The molecule has 28 heavy (non-hydrogen) atoms. The van der Waals surface area contributed by atoms with Crippen molar-refractivity contribution in [3.8, 4) is 0 Å². The first-order valence-corrected chi connectivity index (χ1v) is 9.30. The van der Waals surface area contributed by atoms with Gasteiger partial charge in [-0.2, -0.15) is 13.2 Å². The fourth-order valence-corrected chi connectivity index (χ4v) is 3.02. The minimum Gasteiger partial charge on any atom is -0.352 e. The number of benzene rings is 1. The highest BCUT2D eigenvalue weighted by atomic mass is 19.4. The molecular weight excluding hydrogens is 373 g/mol. The number of alkyl halides is 3. The van der Waals surface area contributed by atoms with E-state index < -0.39 is 11.7 Å². The van der Waals surface area contributed by atoms with E-state index in [9.17, 15) is 22.8 Å². The molecule has 0 saturated carbocycles. The molecule has 6 nitrogen and oxygen atoms in total. The lowest BCUT2D eigenvalue weighted by molar-refractivity contribution is -0.137. The normalized spacial score (nSPS) is 16.2. The second kappa shape index (κ2) is 9.88. The zero-order valence-corrected chi connectivity index (χ0v) is 16.2. The van der Waals surface area contributed by atoms with Crippen LogP contribution in [0.4, 0.5) is 13.2 Å². The Hall–Kier alpha value is -2.13. The second-order valence-corrected chi connectivity index (χ2v) is 7.25. The van der Waals surface area contributed by atoms with Crippen molar-refractivity contribution in [3.63, 3.8) is 0 Å². The summed E-state index contributed by atoms with van der Waals surface area (Å²) in [5.41, 5.74) is -0.0148. The summed E-state index contributed by atoms with van der Waals surface area (Å²) in [6.45, 7) is 6.90. The van der Waals surface area contributed by atoms with Gasteiger partial charge in [-0.25, -0.2) is 0 Å². The van der Waals surface area contributed by atoms with Crippen LogP contribution < -0.4 is 10.6 Å². The monoisotopic (exact) mass is 400 g/mol. The Morgan fingerprint density at radius 1 is 1.07 bits per heavy atom. The number of nitrogens with zero attached hydrogens (tertiary/aromatic N) is 2. The predicted molar refractivity (Wildman–Crippen MR) is 99.4 cm³/mol. The van der Waals surface area contributed by atoms with Crippen molar-refractivity contribution in [1.29, 1.82) is 0 Å². The second-order valence-electron chi connectivity index (χ2n) is 7.25. The standard InChI is InChI=1S/C19H27F3N4O2/c1-14(2)24-17(27)11-23-18(28)13-26-8-6-25(7-9-26)12-15-4-3-5-16(10-15)19(20,21)22/h3-5,10,14H,6-9,11-13H2,1-2H3,(H,23,28)(H,24,27). The Morgan fingerprint density at radius 2 is 1.71 bits per heavy atom. The summed E-state index contributed by atoms with van der Waals surface area (Å²) in [6.07, 6.45) is -4.34. The van der Waals surface area contributed by atoms with Crippen molar-refractivity contribution >= 4 is 11.8 Å². The van der Waals surface area contributed by atoms with Crippen LogP contribution in [0, 0.1) is 0 Å². The highest BCUT2D eigenvalue weighted by Gasteiger charge is 2.30. The van der Waals surface area contributed by atoms with Gasteiger partial charge in [0.1, 0.15) is 0 Å². The third kappa shape index (κ3) is 7.47. The summed E-state index contributed by atoms with van der Waals surface area (Å²) in [4.78, 5) is 27.5. The van der Waals surface area contributed by atoms with Crippen LogP contribution in [0.25, 0.3) is 0 Å². The molecule has 0 aromatic heterocycles. The van der Waals surface area contributed by atoms with Gasteiger partial charge in [0.05, 0.1) is 18.7 Å². The van der Waals surface area contributed by atoms with Gasteiger partial charge in [-0.05, 0) is 25.5 Å². The van der Waals surface area contributed by atoms with Crippen molar-refractivity contribution in [1.82, 2.24) is 20.4 Å². The molecule has 9 heteroatoms. The fourth-order valence-electron chi connectivity index (χ4n) is 3.02. The third-order valence-corrected chi connectivity index (χ3v) is 4.39. The van der Waals surface area contributed by atoms with Gasteiger partial charge in [-0.1, -0.05) is 18.2 Å². The Morgan fingerprint density at radius 3 is 2.32 bits per heavy atom. The molecule has 2 rings (SSSR count). The van der Waals surface area contributed by atoms with E-state index in [1.54, 1.807) is 6.07 Å². The van der Waals surface area contributed by atoms with Crippen LogP contribution in [0.5, 0.6) is 0 Å². The third-order valence-electron chi connectivity index (χ3n) is 4.39. The highest BCUT2D eigenvalue weighted by molar-refractivity contribution is 5.85. The smallest absolute Gasteiger partial charge is 0.352 e. The number of hydrogen-bond donors (Lipinski definition) is 2. The molecule has 1 fully saturated rings. The quantitative estimate of drug-likeness (QED) is 0.728. The largest absolute Gasteiger partial charge is 0.416 e. The van der Waals surface area contributed by atoms with Crippen LogP contribution in [0.3, 0.4) is 0 Å². The van der Waals surface area contributed by atoms with Crippen LogP contribution >= 0.6 is 0 Å². The van der Waals surface area contributed by atoms with Crippen molar-refractivity contribution < 1.29 is 22.8 Å². The number of nitrogens with one attached hydrogen (secondary N) is 2. The lowest BCUT2D eigenvalue weighted by Gasteiger charge is -2.34. The molecule has 0 spiro atoms. The minimum atomic E-state index is -4.34. The van der Waals surface area contributed by atoms with E-state index in [0.29, 0.717) is 38.3 Å². The Bertz CT molecular complexity index is 671. The molecule has 2 N–H and O–H groups in total. The van der Waals surface area contributed by atoms with Crippen molar-refractivity contribution in [2.24, 2.45) is 0 Å². The van der Waals surface area contributed by atoms with E-state index in [1.807, 2.05) is 18.7 Å². The van der Waals surface area contributed by atoms with Gasteiger partial charge in [0, 0.05) is 38.8 Å². The molecule has 0 unspecified atom stereocenters. The number of amides is 2. The van der Waals surface area contributed by atoms with Gasteiger partial charge in [-0.3, -0.25) is 19.4 Å². The minimum absolute atomic E-state index is 0.0225. The Kier molecular flexibility index (Phi) is 7.82. The Labute approximate surface area is 163 Å². The van der Waals surface area contributed by atoms with Crippen molar-refractivity contribution in [2.75, 3.05) is 39.3 Å². The maximum Gasteiger partial charge on any atom is 0.416 e. The fraction of sp³-hybridized carbons (Fsp3) is 0.579. The number of halogens is 3. The molecule has 1 heterocycles. The molecule has 1 aliphatic rings. The van der Waals surface area contributed by atoms with Crippen LogP contribution in [-0.2, 0) is 22.3 Å². The first kappa shape index (κ1) is 22.2. The molecule has 1 aromatic rings. The van der Waals surface area contributed by atoms with E-state index in [0.717, 1.165) is 6.07 Å². The molecule has 0 bridgehead atoms. The molecule has 156 valence electrons. The van der Waals surface area contributed by atoms with Gasteiger partial charge in [0.15, 0.2) is 0 Å². The van der Waals surface area contributed by atoms with E-state index in [4.69, 9.17) is 0 Å². The number of rotatable bonds is 7. The van der Waals surface area contributed by atoms with Crippen LogP contribution in [-0.4, -0.2) is 66.9 Å². The molecule has 1 aliphatic heterocycles. The zero-order valence-electron chi connectivity index (χ0n) is 16.2. The molecule has 1 saturated heterocycles. The Balaban J connectivity index is 1.73. The van der Waals surface area contributed by atoms with E-state index in [2.05, 4.69) is 15.5 Å². The van der Waals surface area contributed by atoms with Crippen LogP contribution in [0.2, 0.25) is 0 Å². The van der Waals surface area contributed by atoms with E-state index in [1.165, 1.54) is 12.1 Å². The lowest BCUT2D eigenvalue weighted by Crippen LogP contribution is -2.50. The van der Waals surface area contributed by atoms with Crippen molar-refractivity contribution in [2.45, 2.75) is 32.6 Å². The maximum absolute atomic E-state index is 12.8. The molecular formula is C19H27F3N4O2. The number of hydrogen-bond acceptors (Lipinski definition) is 4. The van der Waals surface area contributed by atoms with E-state index >= 15 is 0 Å². The van der Waals surface area contributed by atoms with Gasteiger partial charge >= 0.3 is 6.18 Å². The van der Waals surface area contributed by atoms with Crippen LogP contribution in [0.1, 0.15) is 25.0 Å². The lowest BCUT2D eigenvalue weighted by atomic mass is 10.1. The summed E-state index contributed by atoms with van der Waals surface area (Å²) >= 11 is 0. The molecule has 2 amide bonds. The van der Waals surface area contributed by atoms with E-state index in [-0.39, 0.29) is 30.9 Å². The first-order valence-electron chi connectivity index (χ1n) is 9.30. The summed E-state index contributed by atoms with van der Waals surface area (Å²) in [5.74, 6) is -0.445. The summed E-state index contributed by atoms with van der Waals surface area (Å²) in [6, 6.07) is 5.39. The molecule has 1 aromatic carbocycles. The number of carbonyl (C=O) groups excluding carboxylic acids is 2. The SMILES string of the molecule is CC(C)NC(=O)CNC(=O)CN1CCN(Cc2cccc(C(F)(F)F)c2)CC1. The summed E-state index contributed by atoms with van der Waals surface area (Å²) in [5, 5.41) is 5.29. The maximum atomic E-state index is 12.8. The predicted octanol–water partition coefficient (Wildman–Crippen LogP) is 1.46. The highest BCUT2D eigenvalue weighted by Crippen LogP contribution is 2.29. The number of carbonyl (C=O) groups is 2. The zero-order chi connectivity index (χ0) is 20.7. The average molecular weight is 400 g/mol. The summed E-state index contributed by atoms with van der Waals surface area (Å²) in [7, 11) is 0. The first-order chi connectivity index (χ1) is 13.1. The number of piperazine rings is 1. The topological polar surface area (TPSA) is 64.7 Å². The van der Waals surface area contributed by atoms with Gasteiger partial charge in [-0.15, -0.1) is 0 Å². The van der Waals surface area contributed by atoms with Crippen molar-refractivity contribution in [3.05, 3.63) is 35.4 Å². The van der Waals surface area contributed by atoms with Crippen LogP contribution in [0.15, 0.2) is 24.3 Å². The summed E-state index contributed by atoms with van der Waals surface area (Å²) < 4.78 is 38.4.